The van der Waals surface area contributed by atoms with Crippen LogP contribution in [-0.2, 0) is 44.6 Å². The van der Waals surface area contributed by atoms with Crippen molar-refractivity contribution in [2.75, 3.05) is 34.9 Å². The van der Waals surface area contributed by atoms with E-state index >= 15 is 0 Å². The number of unbranched alkanes of at least 4 members (excludes halogenated alkanes) is 1. The SMILES string of the molecule is CC[C@H]1OC(=O)[C@H](C)C(=O)[C@H](C)[C@@H](OC2O[C@H](C)C[C@H](N(C)C)[C@H]2O)[C@@](C)(OC)C[C@@H](C)C(=O)[C@H](C)[C@H]2N(CCCCn3cnc(-c4ccc(OC)nc4)c3)C(=O)O[C@]12CC. The zero-order chi connectivity index (χ0) is 45.0. The van der Waals surface area contributed by atoms with Gasteiger partial charge in [-0.25, -0.2) is 14.8 Å². The Bertz CT molecular complexity index is 1820. The number of aryl methyl sites for hydroxylation is 1. The Hall–Kier alpha value is -3.96. The summed E-state index contributed by atoms with van der Waals surface area (Å²) in [5.41, 5.74) is -1.02. The molecule has 16 heteroatoms. The highest BCUT2D eigenvalue weighted by atomic mass is 16.7. The van der Waals surface area contributed by atoms with Crippen LogP contribution in [0.15, 0.2) is 30.9 Å². The molecule has 2 aromatic heterocycles. The van der Waals surface area contributed by atoms with E-state index in [1.165, 1.54) is 14.0 Å². The molecule has 61 heavy (non-hydrogen) atoms. The van der Waals surface area contributed by atoms with Gasteiger partial charge < -0.3 is 47.9 Å². The number of fused-ring (bicyclic) bond motifs is 1. The van der Waals surface area contributed by atoms with E-state index < -0.39 is 83.4 Å². The fraction of sp³-hybridized carbons (Fsp3) is 0.733. The number of ether oxygens (including phenoxy) is 6. The number of Topliss-reactive ketones (excluding diaryl/α,β-unsaturated/α-hetero) is 2. The zero-order valence-corrected chi connectivity index (χ0v) is 38.2. The van der Waals surface area contributed by atoms with Gasteiger partial charge >= 0.3 is 12.1 Å². The molecule has 13 atom stereocenters. The average molecular weight is 856 g/mol. The van der Waals surface area contributed by atoms with Gasteiger partial charge in [0.05, 0.1) is 43.0 Å². The first-order chi connectivity index (χ1) is 28.9. The standard InChI is InChI=1S/C45H69N5O11/c1-13-34-45(14-2)39(50(43(55)61-45)20-16-15-19-49-24-32(47-25-49)31-17-18-35(56-11)46-23-31)28(5)36(51)26(3)22-44(8,57-12)40(29(6)37(52)30(7)41(54)59-34)60-42-38(53)33(48(9)10)21-27(4)58-42/h17-18,23-30,33-34,38-40,42,53H,13-16,19-22H2,1-12H3/t26-,27-,28+,29+,30-,33+,34-,38-,39-,40-,42?,44+,45-/m1/s1. The van der Waals surface area contributed by atoms with Crippen LogP contribution in [-0.4, -0.2) is 142 Å². The van der Waals surface area contributed by atoms with E-state index in [-0.39, 0.29) is 37.2 Å². The van der Waals surface area contributed by atoms with Crippen LogP contribution >= 0.6 is 0 Å². The van der Waals surface area contributed by atoms with Gasteiger partial charge in [-0.3, -0.25) is 14.4 Å². The highest BCUT2D eigenvalue weighted by Crippen LogP contribution is 2.45. The fourth-order valence-corrected chi connectivity index (χ4v) is 9.86. The van der Waals surface area contributed by atoms with Crippen LogP contribution < -0.4 is 4.74 Å². The average Bonchev–Trinajstić information content (AvgIpc) is 3.84. The van der Waals surface area contributed by atoms with Gasteiger partial charge in [0.1, 0.15) is 23.9 Å². The van der Waals surface area contributed by atoms with Gasteiger partial charge in [0.2, 0.25) is 5.88 Å². The second kappa shape index (κ2) is 20.0. The van der Waals surface area contributed by atoms with Crippen LogP contribution in [0.5, 0.6) is 5.88 Å². The number of imidazole rings is 1. The largest absolute Gasteiger partial charge is 0.481 e. The van der Waals surface area contributed by atoms with Gasteiger partial charge in [0.25, 0.3) is 0 Å². The van der Waals surface area contributed by atoms with Gasteiger partial charge in [0, 0.05) is 68.0 Å². The first-order valence-electron chi connectivity index (χ1n) is 21.9. The number of likely N-dealkylation sites (N-methyl/N-ethyl adjacent to an activating group) is 1. The number of hydrogen-bond donors (Lipinski definition) is 1. The molecule has 5 heterocycles. The number of amides is 1. The van der Waals surface area contributed by atoms with E-state index in [0.29, 0.717) is 38.2 Å². The summed E-state index contributed by atoms with van der Waals surface area (Å²) in [4.78, 5) is 69.8. The maximum atomic E-state index is 14.9. The van der Waals surface area contributed by atoms with Crippen LogP contribution in [0.4, 0.5) is 4.79 Å². The van der Waals surface area contributed by atoms with Crippen molar-refractivity contribution in [2.24, 2.45) is 23.7 Å². The number of nitrogens with zero attached hydrogens (tertiary/aromatic N) is 5. The van der Waals surface area contributed by atoms with E-state index in [4.69, 9.17) is 28.4 Å². The van der Waals surface area contributed by atoms with Crippen LogP contribution in [0.25, 0.3) is 11.3 Å². The number of aliphatic hydroxyl groups excluding tert-OH is 1. The Labute approximate surface area is 360 Å². The van der Waals surface area contributed by atoms with Crippen molar-refractivity contribution in [1.29, 1.82) is 0 Å². The summed E-state index contributed by atoms with van der Waals surface area (Å²) in [6.45, 7) is 15.1. The molecule has 0 aliphatic carbocycles. The predicted molar refractivity (Wildman–Crippen MR) is 225 cm³/mol. The number of carbonyl (C=O) groups excluding carboxylic acids is 4. The Morgan fingerprint density at radius 1 is 0.967 bits per heavy atom. The van der Waals surface area contributed by atoms with Crippen molar-refractivity contribution < 1.29 is 52.7 Å². The number of aliphatic hydroxyl groups is 1. The van der Waals surface area contributed by atoms with Crippen molar-refractivity contribution in [3.8, 4) is 17.1 Å². The number of cyclic esters (lactones) is 1. The smallest absolute Gasteiger partial charge is 0.410 e. The molecule has 3 fully saturated rings. The number of ketones is 2. The van der Waals surface area contributed by atoms with Crippen molar-refractivity contribution in [1.82, 2.24) is 24.3 Å². The zero-order valence-electron chi connectivity index (χ0n) is 38.2. The Morgan fingerprint density at radius 2 is 1.67 bits per heavy atom. The minimum atomic E-state index is -1.37. The summed E-state index contributed by atoms with van der Waals surface area (Å²) >= 11 is 0. The Kier molecular flexibility index (Phi) is 15.8. The minimum Gasteiger partial charge on any atom is -0.481 e. The van der Waals surface area contributed by atoms with E-state index in [0.717, 1.165) is 11.3 Å². The van der Waals surface area contributed by atoms with E-state index in [9.17, 15) is 24.3 Å². The molecule has 0 radical (unpaired) electrons. The lowest BCUT2D eigenvalue weighted by atomic mass is 9.72. The highest BCUT2D eigenvalue weighted by Gasteiger charge is 2.62. The fourth-order valence-electron chi connectivity index (χ4n) is 9.86. The molecule has 3 aliphatic heterocycles. The van der Waals surface area contributed by atoms with Crippen molar-refractivity contribution in [3.05, 3.63) is 30.9 Å². The van der Waals surface area contributed by atoms with Gasteiger partial charge in [-0.05, 0) is 79.5 Å². The van der Waals surface area contributed by atoms with E-state index in [1.807, 2.05) is 70.4 Å². The number of carbonyl (C=O) groups is 4. The molecule has 0 spiro atoms. The summed E-state index contributed by atoms with van der Waals surface area (Å²) in [6, 6.07) is 2.61. The summed E-state index contributed by atoms with van der Waals surface area (Å²) in [5, 5.41) is 11.5. The third kappa shape index (κ3) is 9.98. The van der Waals surface area contributed by atoms with Crippen LogP contribution in [0.1, 0.15) is 93.9 Å². The van der Waals surface area contributed by atoms with Crippen LogP contribution in [0, 0.1) is 23.7 Å². The molecule has 0 saturated carbocycles. The number of aromatic nitrogens is 3. The molecule has 1 N–H and O–H groups in total. The summed E-state index contributed by atoms with van der Waals surface area (Å²) < 4.78 is 38.7. The van der Waals surface area contributed by atoms with E-state index in [1.54, 1.807) is 44.4 Å². The molecule has 3 saturated heterocycles. The monoisotopic (exact) mass is 855 g/mol. The predicted octanol–water partition coefficient (Wildman–Crippen LogP) is 5.33. The lowest BCUT2D eigenvalue weighted by molar-refractivity contribution is -0.295. The third-order valence-corrected chi connectivity index (χ3v) is 13.4. The van der Waals surface area contributed by atoms with Crippen molar-refractivity contribution in [2.45, 2.75) is 154 Å². The molecule has 3 aliphatic rings. The van der Waals surface area contributed by atoms with Crippen molar-refractivity contribution in [3.63, 3.8) is 0 Å². The quantitative estimate of drug-likeness (QED) is 0.155. The highest BCUT2D eigenvalue weighted by molar-refractivity contribution is 6.00. The molecule has 16 nitrogen and oxygen atoms in total. The van der Waals surface area contributed by atoms with Gasteiger partial charge in [-0.1, -0.05) is 34.6 Å². The summed E-state index contributed by atoms with van der Waals surface area (Å²) in [7, 11) is 6.81. The second-order valence-corrected chi connectivity index (χ2v) is 17.8. The summed E-state index contributed by atoms with van der Waals surface area (Å²) in [6.07, 6.45) is 2.88. The molecular weight excluding hydrogens is 787 g/mol. The Balaban J connectivity index is 1.44. The first kappa shape index (κ1) is 48.1. The molecule has 340 valence electrons. The molecule has 0 bridgehead atoms. The molecule has 5 rings (SSSR count). The number of methoxy groups -OCH3 is 2. The molecule has 1 unspecified atom stereocenters. The maximum absolute atomic E-state index is 14.9. The lowest BCUT2D eigenvalue weighted by Gasteiger charge is -2.47. The van der Waals surface area contributed by atoms with Gasteiger partial charge in [0.15, 0.2) is 17.7 Å². The van der Waals surface area contributed by atoms with E-state index in [2.05, 4.69) is 9.97 Å². The third-order valence-electron chi connectivity index (χ3n) is 13.4. The molecule has 2 aromatic rings. The number of pyridine rings is 1. The lowest BCUT2D eigenvalue weighted by Crippen LogP contribution is -2.61. The number of rotatable bonds is 13. The van der Waals surface area contributed by atoms with Gasteiger partial charge in [-0.2, -0.15) is 0 Å². The summed E-state index contributed by atoms with van der Waals surface area (Å²) in [5.74, 6) is -4.45. The van der Waals surface area contributed by atoms with Crippen LogP contribution in [0.2, 0.25) is 0 Å². The number of hydrogen-bond acceptors (Lipinski definition) is 14. The molecule has 1 amide bonds. The second-order valence-electron chi connectivity index (χ2n) is 17.8. The molecule has 0 aromatic carbocycles. The normalized spacial score (nSPS) is 35.4. The maximum Gasteiger partial charge on any atom is 0.410 e. The first-order valence-corrected chi connectivity index (χ1v) is 21.9. The topological polar surface area (TPSA) is 181 Å². The van der Waals surface area contributed by atoms with Gasteiger partial charge in [-0.15, -0.1) is 0 Å². The van der Waals surface area contributed by atoms with Crippen molar-refractivity contribution >= 4 is 23.6 Å². The molecular formula is C45H69N5O11. The van der Waals surface area contributed by atoms with Crippen LogP contribution in [0.3, 0.4) is 0 Å². The number of esters is 1. The Morgan fingerprint density at radius 3 is 2.28 bits per heavy atom. The minimum absolute atomic E-state index is 0.126.